The number of ether oxygens (including phenoxy) is 1. The van der Waals surface area contributed by atoms with E-state index >= 15 is 0 Å². The summed E-state index contributed by atoms with van der Waals surface area (Å²) in [5, 5.41) is 0. The minimum atomic E-state index is -4.36. The Balaban J connectivity index is 2.15. The van der Waals surface area contributed by atoms with Gasteiger partial charge in [-0.3, -0.25) is 0 Å². The maximum atomic E-state index is 12.5. The van der Waals surface area contributed by atoms with Crippen LogP contribution in [0.15, 0.2) is 48.5 Å². The quantitative estimate of drug-likeness (QED) is 0.794. The average Bonchev–Trinajstić information content (AvgIpc) is 2.47. The molecule has 0 aliphatic rings. The van der Waals surface area contributed by atoms with Crippen molar-refractivity contribution in [2.75, 3.05) is 6.54 Å². The third kappa shape index (κ3) is 4.24. The Morgan fingerprint density at radius 3 is 2.09 bits per heavy atom. The molecule has 5 heteroatoms. The van der Waals surface area contributed by atoms with Gasteiger partial charge in [-0.15, -0.1) is 5.73 Å². The van der Waals surface area contributed by atoms with Gasteiger partial charge in [0, 0.05) is 13.0 Å². The number of benzene rings is 2. The Bertz CT molecular complexity index is 591. The molecule has 2 rings (SSSR count). The van der Waals surface area contributed by atoms with E-state index in [1.54, 1.807) is 0 Å². The largest absolute Gasteiger partial charge is 0.486 e. The summed E-state index contributed by atoms with van der Waals surface area (Å²) < 4.78 is 43.3. The molecule has 0 aliphatic heterocycles. The molecule has 0 heterocycles. The van der Waals surface area contributed by atoms with Crippen LogP contribution in [-0.4, -0.2) is 6.54 Å². The van der Waals surface area contributed by atoms with Crippen LogP contribution < -0.4 is 10.5 Å². The van der Waals surface area contributed by atoms with E-state index in [-0.39, 0.29) is 6.54 Å². The highest BCUT2D eigenvalue weighted by atomic mass is 19.4. The zero-order valence-electron chi connectivity index (χ0n) is 12.1. The van der Waals surface area contributed by atoms with Crippen LogP contribution in [0.2, 0.25) is 0 Å². The van der Waals surface area contributed by atoms with Crippen molar-refractivity contribution < 1.29 is 17.9 Å². The van der Waals surface area contributed by atoms with E-state index in [9.17, 15) is 13.2 Å². The molecule has 0 fully saturated rings. The van der Waals surface area contributed by atoms with Crippen molar-refractivity contribution in [3.63, 3.8) is 0 Å². The van der Waals surface area contributed by atoms with Crippen molar-refractivity contribution in [1.29, 1.82) is 0 Å². The molecule has 1 atom stereocenters. The predicted molar refractivity (Wildman–Crippen MR) is 77.6 cm³/mol. The maximum absolute atomic E-state index is 12.5. The first kappa shape index (κ1) is 16.4. The summed E-state index contributed by atoms with van der Waals surface area (Å²) >= 11 is 0. The van der Waals surface area contributed by atoms with Crippen LogP contribution in [0.4, 0.5) is 13.2 Å². The van der Waals surface area contributed by atoms with Crippen molar-refractivity contribution in [1.82, 2.24) is 5.73 Å². The fourth-order valence-corrected chi connectivity index (χ4v) is 2.08. The second-order valence-electron chi connectivity index (χ2n) is 5.05. The van der Waals surface area contributed by atoms with Crippen molar-refractivity contribution in [2.45, 2.75) is 25.6 Å². The Labute approximate surface area is 127 Å². The minimum absolute atomic E-state index is 0.0703. The standard InChI is InChI=1S/C17H16F3NO/c1-12-2-4-13(5-3-12)16(10-11-21)22-15-8-6-14(7-9-15)17(18,19)20/h2-9,16H,10-11H2,1H3. The Morgan fingerprint density at radius 1 is 1.00 bits per heavy atom. The van der Waals surface area contributed by atoms with Gasteiger partial charge in [0.05, 0.1) is 5.56 Å². The lowest BCUT2D eigenvalue weighted by Crippen LogP contribution is -2.10. The van der Waals surface area contributed by atoms with E-state index in [0.29, 0.717) is 12.2 Å². The fourth-order valence-electron chi connectivity index (χ4n) is 2.08. The summed E-state index contributed by atoms with van der Waals surface area (Å²) in [6.07, 6.45) is -4.40. The average molecular weight is 307 g/mol. The highest BCUT2D eigenvalue weighted by molar-refractivity contribution is 5.30. The van der Waals surface area contributed by atoms with Gasteiger partial charge in [0.1, 0.15) is 11.9 Å². The number of alkyl halides is 3. The van der Waals surface area contributed by atoms with E-state index in [1.807, 2.05) is 31.2 Å². The molecule has 0 aliphatic carbocycles. The number of halogens is 3. The van der Waals surface area contributed by atoms with Crippen molar-refractivity contribution in [3.8, 4) is 5.75 Å². The van der Waals surface area contributed by atoms with E-state index in [1.165, 1.54) is 12.1 Å². The lowest BCUT2D eigenvalue weighted by atomic mass is 10.0. The number of nitrogens with zero attached hydrogens (tertiary/aromatic N) is 1. The van der Waals surface area contributed by atoms with Gasteiger partial charge in [-0.1, -0.05) is 29.8 Å². The second kappa shape index (κ2) is 6.83. The fraction of sp³-hybridized carbons (Fsp3) is 0.294. The van der Waals surface area contributed by atoms with Crippen molar-refractivity contribution in [2.24, 2.45) is 0 Å². The zero-order valence-corrected chi connectivity index (χ0v) is 12.1. The van der Waals surface area contributed by atoms with Crippen LogP contribution in [0, 0.1) is 6.92 Å². The van der Waals surface area contributed by atoms with Gasteiger partial charge in [0.2, 0.25) is 0 Å². The third-order valence-corrected chi connectivity index (χ3v) is 3.30. The highest BCUT2D eigenvalue weighted by Crippen LogP contribution is 2.31. The van der Waals surface area contributed by atoms with Gasteiger partial charge in [0.15, 0.2) is 0 Å². The molecule has 1 unspecified atom stereocenters. The lowest BCUT2D eigenvalue weighted by Gasteiger charge is -2.19. The Kier molecular flexibility index (Phi) is 5.08. The van der Waals surface area contributed by atoms with E-state index in [4.69, 9.17) is 10.5 Å². The summed E-state index contributed by atoms with van der Waals surface area (Å²) in [5.41, 5.74) is 10.4. The van der Waals surface area contributed by atoms with E-state index < -0.39 is 17.8 Å². The molecular weight excluding hydrogens is 291 g/mol. The molecule has 0 aromatic heterocycles. The predicted octanol–water partition coefficient (Wildman–Crippen LogP) is 4.59. The molecule has 116 valence electrons. The Hall–Kier alpha value is -2.01. The van der Waals surface area contributed by atoms with Crippen molar-refractivity contribution >= 4 is 0 Å². The summed E-state index contributed by atoms with van der Waals surface area (Å²) in [4.78, 5) is 0. The van der Waals surface area contributed by atoms with Gasteiger partial charge in [-0.05, 0) is 36.8 Å². The van der Waals surface area contributed by atoms with Crippen LogP contribution >= 0.6 is 0 Å². The van der Waals surface area contributed by atoms with Crippen LogP contribution in [0.25, 0.3) is 0 Å². The molecule has 0 saturated carbocycles. The molecule has 22 heavy (non-hydrogen) atoms. The molecule has 2 aromatic carbocycles. The first-order valence-corrected chi connectivity index (χ1v) is 6.91. The van der Waals surface area contributed by atoms with Crippen LogP contribution in [-0.2, 0) is 6.18 Å². The lowest BCUT2D eigenvalue weighted by molar-refractivity contribution is -0.137. The smallest absolute Gasteiger partial charge is 0.416 e. The van der Waals surface area contributed by atoms with Gasteiger partial charge in [0.25, 0.3) is 0 Å². The molecule has 2 radical (unpaired) electrons. The molecule has 2 nitrogen and oxygen atoms in total. The maximum Gasteiger partial charge on any atom is 0.416 e. The molecule has 0 bridgehead atoms. The first-order valence-electron chi connectivity index (χ1n) is 6.91. The Morgan fingerprint density at radius 2 is 1.59 bits per heavy atom. The molecule has 2 aromatic rings. The van der Waals surface area contributed by atoms with Gasteiger partial charge >= 0.3 is 6.18 Å². The molecule has 0 N–H and O–H groups in total. The number of hydrogen-bond donors (Lipinski definition) is 0. The van der Waals surface area contributed by atoms with Gasteiger partial charge in [-0.25, -0.2) is 0 Å². The molecule has 0 spiro atoms. The second-order valence-corrected chi connectivity index (χ2v) is 5.05. The minimum Gasteiger partial charge on any atom is -0.486 e. The van der Waals surface area contributed by atoms with Gasteiger partial charge < -0.3 is 4.74 Å². The SMILES string of the molecule is Cc1ccc(C(CC[N])Oc2ccc(C(F)(F)F)cc2)cc1. The summed E-state index contributed by atoms with van der Waals surface area (Å²) in [6.45, 7) is 1.89. The summed E-state index contributed by atoms with van der Waals surface area (Å²) in [5.74, 6) is 0.340. The van der Waals surface area contributed by atoms with Crippen LogP contribution in [0.3, 0.4) is 0 Å². The first-order chi connectivity index (χ1) is 10.4. The van der Waals surface area contributed by atoms with Crippen LogP contribution in [0.1, 0.15) is 29.2 Å². The summed E-state index contributed by atoms with van der Waals surface area (Å²) in [6, 6.07) is 12.2. The number of hydrogen-bond acceptors (Lipinski definition) is 1. The normalized spacial score (nSPS) is 13.0. The van der Waals surface area contributed by atoms with E-state index in [0.717, 1.165) is 23.3 Å². The highest BCUT2D eigenvalue weighted by Gasteiger charge is 2.30. The number of aryl methyl sites for hydroxylation is 1. The molecular formula is C17H16F3NO. The topological polar surface area (TPSA) is 31.5 Å². The van der Waals surface area contributed by atoms with E-state index in [2.05, 4.69) is 0 Å². The van der Waals surface area contributed by atoms with Crippen molar-refractivity contribution in [3.05, 3.63) is 65.2 Å². The van der Waals surface area contributed by atoms with Gasteiger partial charge in [-0.2, -0.15) is 13.2 Å². The molecule has 0 amide bonds. The third-order valence-electron chi connectivity index (χ3n) is 3.30. The number of rotatable bonds is 5. The zero-order chi connectivity index (χ0) is 16.2. The van der Waals surface area contributed by atoms with Crippen LogP contribution in [0.5, 0.6) is 5.75 Å². The summed E-state index contributed by atoms with van der Waals surface area (Å²) in [7, 11) is 0. The molecule has 0 saturated heterocycles. The monoisotopic (exact) mass is 307 g/mol.